The molecule has 0 unspecified atom stereocenters. The van der Waals surface area contributed by atoms with Crippen molar-refractivity contribution in [3.05, 3.63) is 50.0 Å². The van der Waals surface area contributed by atoms with Crippen LogP contribution in [0.3, 0.4) is 0 Å². The number of aromatic nitrogens is 1. The minimum absolute atomic E-state index is 0.0923. The Morgan fingerprint density at radius 3 is 2.84 bits per heavy atom. The molecule has 1 N–H and O–H groups in total. The maximum Gasteiger partial charge on any atom is 0.282 e. The fourth-order valence-electron chi connectivity index (χ4n) is 1.43. The van der Waals surface area contributed by atoms with Crippen LogP contribution in [0.25, 0.3) is 0 Å². The number of anilines is 1. The number of aryl methyl sites for hydroxylation is 1. The molecule has 2 aromatic rings. The van der Waals surface area contributed by atoms with E-state index in [4.69, 9.17) is 11.6 Å². The van der Waals surface area contributed by atoms with Crippen molar-refractivity contribution in [2.75, 3.05) is 5.32 Å². The second kappa shape index (κ2) is 5.33. The molecule has 6 nitrogen and oxygen atoms in total. The number of hydrogen-bond donors (Lipinski definition) is 1. The van der Waals surface area contributed by atoms with Crippen molar-refractivity contribution in [3.63, 3.8) is 0 Å². The number of carbonyl (C=O) groups is 1. The largest absolute Gasteiger partial charge is 0.298 e. The third-order valence-corrected chi connectivity index (χ3v) is 3.35. The van der Waals surface area contributed by atoms with Crippen LogP contribution in [0.1, 0.15) is 16.1 Å². The van der Waals surface area contributed by atoms with Gasteiger partial charge in [0.25, 0.3) is 11.6 Å². The van der Waals surface area contributed by atoms with Crippen LogP contribution in [-0.4, -0.2) is 15.8 Å². The number of thiazole rings is 1. The number of nitro groups is 1. The van der Waals surface area contributed by atoms with E-state index in [9.17, 15) is 14.9 Å². The Kier molecular flexibility index (Phi) is 3.77. The Hall–Kier alpha value is -1.99. The molecule has 0 bridgehead atoms. The van der Waals surface area contributed by atoms with Gasteiger partial charge in [-0.3, -0.25) is 20.2 Å². The normalized spacial score (nSPS) is 10.2. The molecule has 1 aromatic carbocycles. The van der Waals surface area contributed by atoms with Gasteiger partial charge in [0.2, 0.25) is 0 Å². The van der Waals surface area contributed by atoms with Gasteiger partial charge in [-0.1, -0.05) is 11.6 Å². The van der Waals surface area contributed by atoms with E-state index in [1.54, 1.807) is 12.3 Å². The molecule has 1 amide bonds. The molecule has 0 aliphatic rings. The van der Waals surface area contributed by atoms with Crippen molar-refractivity contribution < 1.29 is 9.72 Å². The van der Waals surface area contributed by atoms with Crippen LogP contribution in [0, 0.1) is 17.0 Å². The number of carbonyl (C=O) groups excluding carboxylic acids is 1. The zero-order valence-corrected chi connectivity index (χ0v) is 11.3. The maximum absolute atomic E-state index is 12.0. The predicted octanol–water partition coefficient (Wildman–Crippen LogP) is 3.27. The van der Waals surface area contributed by atoms with Gasteiger partial charge in [-0.2, -0.15) is 0 Å². The van der Waals surface area contributed by atoms with Crippen molar-refractivity contribution in [3.8, 4) is 0 Å². The van der Waals surface area contributed by atoms with Crippen molar-refractivity contribution in [1.82, 2.24) is 4.98 Å². The Balaban J connectivity index is 2.32. The minimum atomic E-state index is -0.627. The highest BCUT2D eigenvalue weighted by Crippen LogP contribution is 2.24. The number of nitrogens with zero attached hydrogens (tertiary/aromatic N) is 2. The number of halogens is 1. The molecule has 0 aliphatic heterocycles. The van der Waals surface area contributed by atoms with Gasteiger partial charge in [0, 0.05) is 16.5 Å². The molecule has 0 aliphatic carbocycles. The van der Waals surface area contributed by atoms with E-state index in [2.05, 4.69) is 10.3 Å². The van der Waals surface area contributed by atoms with Crippen LogP contribution < -0.4 is 5.32 Å². The van der Waals surface area contributed by atoms with E-state index >= 15 is 0 Å². The number of hydrogen-bond acceptors (Lipinski definition) is 5. The molecule has 0 spiro atoms. The van der Waals surface area contributed by atoms with Gasteiger partial charge in [-0.15, -0.1) is 11.3 Å². The van der Waals surface area contributed by atoms with E-state index in [-0.39, 0.29) is 16.3 Å². The Morgan fingerprint density at radius 1 is 1.53 bits per heavy atom. The summed E-state index contributed by atoms with van der Waals surface area (Å²) in [6.07, 6.45) is 0. The summed E-state index contributed by atoms with van der Waals surface area (Å²) in [5.74, 6) is -0.608. The summed E-state index contributed by atoms with van der Waals surface area (Å²) in [7, 11) is 0. The van der Waals surface area contributed by atoms with Gasteiger partial charge in [0.1, 0.15) is 5.56 Å². The van der Waals surface area contributed by atoms with E-state index in [1.165, 1.54) is 29.5 Å². The number of amides is 1. The van der Waals surface area contributed by atoms with Crippen molar-refractivity contribution in [2.45, 2.75) is 6.92 Å². The van der Waals surface area contributed by atoms with Gasteiger partial charge < -0.3 is 0 Å². The molecule has 1 aromatic heterocycles. The van der Waals surface area contributed by atoms with Crippen molar-refractivity contribution in [2.24, 2.45) is 0 Å². The quantitative estimate of drug-likeness (QED) is 0.696. The Bertz CT molecular complexity index is 656. The molecule has 98 valence electrons. The molecule has 8 heteroatoms. The van der Waals surface area contributed by atoms with Crippen LogP contribution in [0.15, 0.2) is 23.6 Å². The van der Waals surface area contributed by atoms with Crippen LogP contribution in [0.5, 0.6) is 0 Å². The van der Waals surface area contributed by atoms with Crippen molar-refractivity contribution >= 4 is 39.7 Å². The SMILES string of the molecule is Cc1csc(NC(=O)c2cc(Cl)ccc2[N+](=O)[O-])n1. The molecule has 1 heterocycles. The lowest BCUT2D eigenvalue weighted by Crippen LogP contribution is -2.13. The first kappa shape index (κ1) is 13.4. The third kappa shape index (κ3) is 3.07. The smallest absolute Gasteiger partial charge is 0.282 e. The molecule has 19 heavy (non-hydrogen) atoms. The molecule has 2 rings (SSSR count). The van der Waals surface area contributed by atoms with E-state index in [0.29, 0.717) is 5.13 Å². The second-order valence-corrected chi connectivity index (χ2v) is 4.96. The highest BCUT2D eigenvalue weighted by atomic mass is 35.5. The molecule has 0 saturated carbocycles. The van der Waals surface area contributed by atoms with Gasteiger partial charge in [-0.25, -0.2) is 4.98 Å². The standard InChI is InChI=1S/C11H8ClN3O3S/c1-6-5-19-11(13-6)14-10(16)8-4-7(12)2-3-9(8)15(17)18/h2-5H,1H3,(H,13,14,16). The lowest BCUT2D eigenvalue weighted by atomic mass is 10.1. The molecule has 0 radical (unpaired) electrons. The topological polar surface area (TPSA) is 85.1 Å². The first-order valence-corrected chi connectivity index (χ1v) is 6.40. The van der Waals surface area contributed by atoms with Gasteiger partial charge in [0.05, 0.1) is 10.6 Å². The molecule has 0 saturated heterocycles. The summed E-state index contributed by atoms with van der Waals surface area (Å²) >= 11 is 7.00. The van der Waals surface area contributed by atoms with E-state index in [1.807, 2.05) is 0 Å². The zero-order valence-electron chi connectivity index (χ0n) is 9.71. The van der Waals surface area contributed by atoms with E-state index < -0.39 is 10.8 Å². The summed E-state index contributed by atoms with van der Waals surface area (Å²) in [6, 6.07) is 3.82. The minimum Gasteiger partial charge on any atom is -0.298 e. The van der Waals surface area contributed by atoms with Crippen LogP contribution >= 0.6 is 22.9 Å². The number of rotatable bonds is 3. The van der Waals surface area contributed by atoms with Gasteiger partial charge in [-0.05, 0) is 19.1 Å². The first-order valence-electron chi connectivity index (χ1n) is 5.15. The zero-order chi connectivity index (χ0) is 14.0. The fourth-order valence-corrected chi connectivity index (χ4v) is 2.28. The summed E-state index contributed by atoms with van der Waals surface area (Å²) in [5, 5.41) is 15.8. The van der Waals surface area contributed by atoms with Gasteiger partial charge >= 0.3 is 0 Å². The summed E-state index contributed by atoms with van der Waals surface area (Å²) in [4.78, 5) is 26.3. The van der Waals surface area contributed by atoms with E-state index in [0.717, 1.165) is 5.69 Å². The maximum atomic E-state index is 12.0. The average Bonchev–Trinajstić information content (AvgIpc) is 2.74. The molecular weight excluding hydrogens is 290 g/mol. The second-order valence-electron chi connectivity index (χ2n) is 3.67. The number of nitro benzene ring substituents is 1. The molecule has 0 fully saturated rings. The van der Waals surface area contributed by atoms with Crippen LogP contribution in [-0.2, 0) is 0 Å². The predicted molar refractivity (Wildman–Crippen MR) is 72.9 cm³/mol. The monoisotopic (exact) mass is 297 g/mol. The number of benzene rings is 1. The lowest BCUT2D eigenvalue weighted by molar-refractivity contribution is -0.385. The fraction of sp³-hybridized carbons (Fsp3) is 0.0909. The van der Waals surface area contributed by atoms with Crippen LogP contribution in [0.2, 0.25) is 5.02 Å². The van der Waals surface area contributed by atoms with Gasteiger partial charge in [0.15, 0.2) is 5.13 Å². The lowest BCUT2D eigenvalue weighted by Gasteiger charge is -2.03. The highest BCUT2D eigenvalue weighted by molar-refractivity contribution is 7.13. The third-order valence-electron chi connectivity index (χ3n) is 2.24. The molecule has 0 atom stereocenters. The Labute approximate surface area is 117 Å². The van der Waals surface area contributed by atoms with Crippen molar-refractivity contribution in [1.29, 1.82) is 0 Å². The molecular formula is C11H8ClN3O3S. The summed E-state index contributed by atoms with van der Waals surface area (Å²) in [5.41, 5.74) is 0.376. The van der Waals surface area contributed by atoms with Crippen LogP contribution in [0.4, 0.5) is 10.8 Å². The summed E-state index contributed by atoms with van der Waals surface area (Å²) in [6.45, 7) is 1.79. The Morgan fingerprint density at radius 2 is 2.26 bits per heavy atom. The number of nitrogens with one attached hydrogen (secondary N) is 1. The highest BCUT2D eigenvalue weighted by Gasteiger charge is 2.21. The average molecular weight is 298 g/mol. The first-order chi connectivity index (χ1) is 8.97. The summed E-state index contributed by atoms with van der Waals surface area (Å²) < 4.78 is 0.